The molecule has 100 valence electrons. The van der Waals surface area contributed by atoms with Crippen LogP contribution in [0, 0.1) is 11.8 Å². The molecule has 0 aliphatic carbocycles. The SMILES string of the molecule is CCCC(C)N(C)Cc1cc(C#CCCO)cs1. The fraction of sp³-hybridized carbons (Fsp3) is 0.600. The van der Waals surface area contributed by atoms with E-state index >= 15 is 0 Å². The molecule has 1 unspecified atom stereocenters. The summed E-state index contributed by atoms with van der Waals surface area (Å²) in [5.74, 6) is 6.03. The Bertz CT molecular complexity index is 402. The molecule has 1 heterocycles. The van der Waals surface area contributed by atoms with Gasteiger partial charge in [-0.1, -0.05) is 25.2 Å². The van der Waals surface area contributed by atoms with E-state index < -0.39 is 0 Å². The molecule has 2 nitrogen and oxygen atoms in total. The molecular weight excluding hydrogens is 242 g/mol. The number of thiophene rings is 1. The highest BCUT2D eigenvalue weighted by Gasteiger charge is 2.09. The molecule has 0 amide bonds. The van der Waals surface area contributed by atoms with E-state index in [0.717, 1.165) is 12.1 Å². The number of rotatable bonds is 6. The van der Waals surface area contributed by atoms with E-state index in [2.05, 4.69) is 49.1 Å². The van der Waals surface area contributed by atoms with Crippen LogP contribution in [-0.4, -0.2) is 29.7 Å². The summed E-state index contributed by atoms with van der Waals surface area (Å²) in [5.41, 5.74) is 1.07. The van der Waals surface area contributed by atoms with Crippen LogP contribution >= 0.6 is 11.3 Å². The molecule has 0 fully saturated rings. The lowest BCUT2D eigenvalue weighted by atomic mass is 10.1. The van der Waals surface area contributed by atoms with Gasteiger partial charge in [0.1, 0.15) is 0 Å². The van der Waals surface area contributed by atoms with Crippen molar-refractivity contribution in [3.8, 4) is 11.8 Å². The lowest BCUT2D eigenvalue weighted by molar-refractivity contribution is 0.239. The molecule has 0 aliphatic heterocycles. The van der Waals surface area contributed by atoms with Crippen LogP contribution in [0.3, 0.4) is 0 Å². The number of nitrogens with zero attached hydrogens (tertiary/aromatic N) is 1. The molecule has 1 aromatic heterocycles. The fourth-order valence-corrected chi connectivity index (χ4v) is 2.67. The predicted octanol–water partition coefficient (Wildman–Crippen LogP) is 3.10. The van der Waals surface area contributed by atoms with Gasteiger partial charge in [-0.05, 0) is 26.5 Å². The number of aliphatic hydroxyl groups is 1. The van der Waals surface area contributed by atoms with Crippen molar-refractivity contribution in [1.82, 2.24) is 4.90 Å². The standard InChI is InChI=1S/C15H23NOS/c1-4-7-13(2)16(3)11-15-10-14(12-18-15)8-5-6-9-17/h10,12-13,17H,4,6-7,9,11H2,1-3H3. The maximum absolute atomic E-state index is 8.67. The molecule has 18 heavy (non-hydrogen) atoms. The Morgan fingerprint density at radius 1 is 1.50 bits per heavy atom. The van der Waals surface area contributed by atoms with Crippen LogP contribution < -0.4 is 0 Å². The molecule has 0 saturated heterocycles. The van der Waals surface area contributed by atoms with Crippen LogP contribution in [0.25, 0.3) is 0 Å². The van der Waals surface area contributed by atoms with Gasteiger partial charge < -0.3 is 5.11 Å². The Kier molecular flexibility index (Phi) is 7.04. The molecule has 1 aromatic rings. The summed E-state index contributed by atoms with van der Waals surface area (Å²) in [5, 5.41) is 10.8. The number of hydrogen-bond acceptors (Lipinski definition) is 3. The summed E-state index contributed by atoms with van der Waals surface area (Å²) in [6.45, 7) is 5.64. The molecule has 0 aliphatic rings. The van der Waals surface area contributed by atoms with E-state index in [-0.39, 0.29) is 6.61 Å². The number of hydrogen-bond donors (Lipinski definition) is 1. The average Bonchev–Trinajstić information content (AvgIpc) is 2.77. The average molecular weight is 265 g/mol. The number of aliphatic hydroxyl groups excluding tert-OH is 1. The first-order valence-electron chi connectivity index (χ1n) is 6.54. The highest BCUT2D eigenvalue weighted by Crippen LogP contribution is 2.17. The van der Waals surface area contributed by atoms with Crippen LogP contribution in [-0.2, 0) is 6.54 Å². The molecule has 1 N–H and O–H groups in total. The van der Waals surface area contributed by atoms with Gasteiger partial charge in [0.2, 0.25) is 0 Å². The molecule has 0 radical (unpaired) electrons. The minimum absolute atomic E-state index is 0.140. The molecule has 1 rings (SSSR count). The normalized spacial score (nSPS) is 12.3. The third-order valence-corrected chi connectivity index (χ3v) is 3.91. The van der Waals surface area contributed by atoms with Crippen molar-refractivity contribution in [2.75, 3.05) is 13.7 Å². The van der Waals surface area contributed by atoms with Crippen molar-refractivity contribution in [2.45, 2.75) is 45.7 Å². The van der Waals surface area contributed by atoms with Crippen LogP contribution in [0.15, 0.2) is 11.4 Å². The lowest BCUT2D eigenvalue weighted by Gasteiger charge is -2.23. The van der Waals surface area contributed by atoms with E-state index in [9.17, 15) is 0 Å². The van der Waals surface area contributed by atoms with E-state index in [4.69, 9.17) is 5.11 Å². The van der Waals surface area contributed by atoms with Crippen molar-refractivity contribution < 1.29 is 5.11 Å². The van der Waals surface area contributed by atoms with Crippen molar-refractivity contribution >= 4 is 11.3 Å². The van der Waals surface area contributed by atoms with Gasteiger partial charge >= 0.3 is 0 Å². The summed E-state index contributed by atoms with van der Waals surface area (Å²) in [4.78, 5) is 3.74. The topological polar surface area (TPSA) is 23.5 Å². The third-order valence-electron chi connectivity index (χ3n) is 2.99. The maximum atomic E-state index is 8.67. The summed E-state index contributed by atoms with van der Waals surface area (Å²) in [6, 6.07) is 2.78. The summed E-state index contributed by atoms with van der Waals surface area (Å²) < 4.78 is 0. The Morgan fingerprint density at radius 2 is 2.28 bits per heavy atom. The zero-order valence-corrected chi connectivity index (χ0v) is 12.4. The van der Waals surface area contributed by atoms with Crippen molar-refractivity contribution in [3.05, 3.63) is 21.9 Å². The predicted molar refractivity (Wildman–Crippen MR) is 78.7 cm³/mol. The second-order valence-corrected chi connectivity index (χ2v) is 5.63. The smallest absolute Gasteiger partial charge is 0.0540 e. The molecule has 1 atom stereocenters. The molecular formula is C15H23NOS. The molecule has 0 saturated carbocycles. The summed E-state index contributed by atoms with van der Waals surface area (Å²) in [6.07, 6.45) is 3.03. The van der Waals surface area contributed by atoms with Gasteiger partial charge in [0.25, 0.3) is 0 Å². The van der Waals surface area contributed by atoms with Gasteiger partial charge in [0.05, 0.1) is 6.61 Å². The zero-order valence-electron chi connectivity index (χ0n) is 11.6. The van der Waals surface area contributed by atoms with E-state index in [0.29, 0.717) is 12.5 Å². The van der Waals surface area contributed by atoms with Crippen LogP contribution in [0.1, 0.15) is 43.6 Å². The van der Waals surface area contributed by atoms with Crippen molar-refractivity contribution in [2.24, 2.45) is 0 Å². The van der Waals surface area contributed by atoms with Gasteiger partial charge in [-0.3, -0.25) is 4.90 Å². The molecule has 3 heteroatoms. The van der Waals surface area contributed by atoms with E-state index in [1.165, 1.54) is 17.7 Å². The fourth-order valence-electron chi connectivity index (χ4n) is 1.79. The van der Waals surface area contributed by atoms with Gasteiger partial charge in [-0.2, -0.15) is 0 Å². The zero-order chi connectivity index (χ0) is 13.4. The first-order chi connectivity index (χ1) is 8.67. The summed E-state index contributed by atoms with van der Waals surface area (Å²) >= 11 is 1.76. The minimum atomic E-state index is 0.140. The van der Waals surface area contributed by atoms with Crippen LogP contribution in [0.4, 0.5) is 0 Å². The first kappa shape index (κ1) is 15.2. The monoisotopic (exact) mass is 265 g/mol. The molecule has 0 aromatic carbocycles. The second-order valence-electron chi connectivity index (χ2n) is 4.63. The minimum Gasteiger partial charge on any atom is -0.395 e. The van der Waals surface area contributed by atoms with Crippen molar-refractivity contribution in [3.63, 3.8) is 0 Å². The Morgan fingerprint density at radius 3 is 2.94 bits per heavy atom. The Labute approximate surface area is 115 Å². The van der Waals surface area contributed by atoms with Gasteiger partial charge in [0.15, 0.2) is 0 Å². The Hall–Kier alpha value is -0.820. The molecule has 0 bridgehead atoms. The maximum Gasteiger partial charge on any atom is 0.0540 e. The van der Waals surface area contributed by atoms with Gasteiger partial charge in [-0.15, -0.1) is 11.3 Å². The van der Waals surface area contributed by atoms with E-state index in [1.807, 2.05) is 0 Å². The van der Waals surface area contributed by atoms with Gasteiger partial charge in [-0.25, -0.2) is 0 Å². The van der Waals surface area contributed by atoms with Crippen LogP contribution in [0.2, 0.25) is 0 Å². The van der Waals surface area contributed by atoms with Gasteiger partial charge in [0, 0.05) is 34.8 Å². The third kappa shape index (κ3) is 5.22. The highest BCUT2D eigenvalue weighted by molar-refractivity contribution is 7.10. The Balaban J connectivity index is 2.51. The highest BCUT2D eigenvalue weighted by atomic mass is 32.1. The second kappa shape index (κ2) is 8.31. The van der Waals surface area contributed by atoms with Crippen LogP contribution in [0.5, 0.6) is 0 Å². The largest absolute Gasteiger partial charge is 0.395 e. The quantitative estimate of drug-likeness (QED) is 0.799. The summed E-state index contributed by atoms with van der Waals surface area (Å²) in [7, 11) is 2.18. The molecule has 0 spiro atoms. The first-order valence-corrected chi connectivity index (χ1v) is 7.42. The lowest BCUT2D eigenvalue weighted by Crippen LogP contribution is -2.27. The van der Waals surface area contributed by atoms with E-state index in [1.54, 1.807) is 11.3 Å². The van der Waals surface area contributed by atoms with Crippen molar-refractivity contribution in [1.29, 1.82) is 0 Å².